The maximum absolute atomic E-state index is 12.3. The van der Waals surface area contributed by atoms with Crippen LogP contribution in [0.1, 0.15) is 11.1 Å². The van der Waals surface area contributed by atoms with Crippen molar-refractivity contribution in [1.29, 1.82) is 0 Å². The van der Waals surface area contributed by atoms with Gasteiger partial charge in [0.1, 0.15) is 0 Å². The fourth-order valence-electron chi connectivity index (χ4n) is 0.918. The third-order valence-corrected chi connectivity index (χ3v) is 1.93. The van der Waals surface area contributed by atoms with Crippen molar-refractivity contribution in [3.63, 3.8) is 0 Å². The van der Waals surface area contributed by atoms with Gasteiger partial charge in [0.25, 0.3) is 0 Å². The van der Waals surface area contributed by atoms with Crippen LogP contribution in [-0.4, -0.2) is 11.1 Å². The van der Waals surface area contributed by atoms with E-state index in [1.165, 1.54) is 0 Å². The second-order valence-corrected chi connectivity index (χ2v) is 3.15. The van der Waals surface area contributed by atoms with Crippen LogP contribution < -0.4 is 0 Å². The predicted molar refractivity (Wildman–Crippen MR) is 51.0 cm³/mol. The second-order valence-electron chi connectivity index (χ2n) is 2.75. The Bertz CT molecular complexity index is 483. The van der Waals surface area contributed by atoms with Gasteiger partial charge in [0.15, 0.2) is 0 Å². The van der Waals surface area contributed by atoms with E-state index in [2.05, 4.69) is 0 Å². The van der Waals surface area contributed by atoms with Crippen LogP contribution in [0.25, 0.3) is 0 Å². The van der Waals surface area contributed by atoms with Gasteiger partial charge < -0.3 is 5.11 Å². The summed E-state index contributed by atoms with van der Waals surface area (Å²) in [6.07, 6.45) is -4.51. The van der Waals surface area contributed by atoms with E-state index in [1.807, 2.05) is 5.92 Å². The van der Waals surface area contributed by atoms with E-state index >= 15 is 0 Å². The molecule has 0 aliphatic rings. The number of hydrogen-bond acceptors (Lipinski definition) is 1. The summed E-state index contributed by atoms with van der Waals surface area (Å²) in [5.74, 6) is 2.30. The number of hydrogen-bond donors (Lipinski definition) is 1. The molecule has 0 aromatic heterocycles. The zero-order valence-electron chi connectivity index (χ0n) is 7.60. The molecule has 0 saturated carbocycles. The van der Waals surface area contributed by atoms with E-state index in [4.69, 9.17) is 16.7 Å². The number of aliphatic carboxylic acids is 1. The highest BCUT2D eigenvalue weighted by molar-refractivity contribution is 6.31. The van der Waals surface area contributed by atoms with Gasteiger partial charge in [-0.05, 0) is 18.2 Å². The lowest BCUT2D eigenvalue weighted by Gasteiger charge is -2.07. The quantitative estimate of drug-likeness (QED) is 0.717. The summed E-state index contributed by atoms with van der Waals surface area (Å²) in [4.78, 5) is 10.1. The van der Waals surface area contributed by atoms with Crippen molar-refractivity contribution in [2.24, 2.45) is 0 Å². The average molecular weight is 249 g/mol. The first-order valence-electron chi connectivity index (χ1n) is 3.92. The number of rotatable bonds is 0. The summed E-state index contributed by atoms with van der Waals surface area (Å²) in [6.45, 7) is 0. The molecule has 1 aromatic carbocycles. The topological polar surface area (TPSA) is 37.3 Å². The van der Waals surface area contributed by atoms with Gasteiger partial charge in [-0.15, -0.1) is 0 Å². The SMILES string of the molecule is O=C(O)C#Cc1cc(C(F)(F)F)ccc1Cl. The molecule has 1 rings (SSSR count). The number of halogens is 4. The Labute approximate surface area is 93.6 Å². The van der Waals surface area contributed by atoms with Crippen LogP contribution >= 0.6 is 11.6 Å². The predicted octanol–water partition coefficient (Wildman–Crippen LogP) is 2.79. The molecule has 2 nitrogen and oxygen atoms in total. The average Bonchev–Trinajstić information content (AvgIpc) is 2.14. The Morgan fingerprint density at radius 1 is 1.38 bits per heavy atom. The molecule has 0 atom stereocenters. The molecule has 0 spiro atoms. The van der Waals surface area contributed by atoms with Crippen molar-refractivity contribution >= 4 is 17.6 Å². The highest BCUT2D eigenvalue weighted by atomic mass is 35.5. The van der Waals surface area contributed by atoms with Crippen LogP contribution in [0.5, 0.6) is 0 Å². The Morgan fingerprint density at radius 2 is 2.00 bits per heavy atom. The van der Waals surface area contributed by atoms with Crippen molar-refractivity contribution in [2.45, 2.75) is 6.18 Å². The van der Waals surface area contributed by atoms with Crippen LogP contribution in [0.3, 0.4) is 0 Å². The maximum Gasteiger partial charge on any atom is 0.416 e. The van der Waals surface area contributed by atoms with Gasteiger partial charge in [0, 0.05) is 11.5 Å². The molecule has 0 heterocycles. The van der Waals surface area contributed by atoms with E-state index < -0.39 is 17.7 Å². The summed E-state index contributed by atoms with van der Waals surface area (Å²) in [7, 11) is 0. The molecule has 0 saturated heterocycles. The number of carboxylic acids is 1. The third kappa shape index (κ3) is 3.17. The summed E-state index contributed by atoms with van der Waals surface area (Å²) < 4.78 is 36.9. The van der Waals surface area contributed by atoms with Gasteiger partial charge in [-0.1, -0.05) is 17.5 Å². The lowest BCUT2D eigenvalue weighted by atomic mass is 10.1. The van der Waals surface area contributed by atoms with Gasteiger partial charge in [0.2, 0.25) is 0 Å². The summed E-state index contributed by atoms with van der Waals surface area (Å²) in [5, 5.41) is 8.23. The van der Waals surface area contributed by atoms with Crippen molar-refractivity contribution in [2.75, 3.05) is 0 Å². The van der Waals surface area contributed by atoms with E-state index in [-0.39, 0.29) is 10.6 Å². The minimum atomic E-state index is -4.51. The van der Waals surface area contributed by atoms with Gasteiger partial charge in [-0.2, -0.15) is 13.2 Å². The molecule has 6 heteroatoms. The fraction of sp³-hybridized carbons (Fsp3) is 0.100. The number of alkyl halides is 3. The monoisotopic (exact) mass is 248 g/mol. The molecule has 0 amide bonds. The van der Waals surface area contributed by atoms with E-state index in [9.17, 15) is 18.0 Å². The molecule has 0 bridgehead atoms. The first-order chi connectivity index (χ1) is 7.30. The molecule has 0 aliphatic heterocycles. The van der Waals surface area contributed by atoms with Crippen molar-refractivity contribution < 1.29 is 23.1 Å². The minimum Gasteiger partial charge on any atom is -0.472 e. The molecule has 16 heavy (non-hydrogen) atoms. The van der Waals surface area contributed by atoms with Gasteiger partial charge in [-0.3, -0.25) is 0 Å². The molecule has 0 radical (unpaired) electrons. The van der Waals surface area contributed by atoms with Gasteiger partial charge in [-0.25, -0.2) is 4.79 Å². The van der Waals surface area contributed by atoms with Crippen LogP contribution in [0.2, 0.25) is 5.02 Å². The molecule has 0 fully saturated rings. The summed E-state index contributed by atoms with van der Waals surface area (Å²) in [6, 6.07) is 2.53. The number of benzene rings is 1. The van der Waals surface area contributed by atoms with Crippen molar-refractivity contribution in [3.05, 3.63) is 34.3 Å². The van der Waals surface area contributed by atoms with Crippen LogP contribution in [-0.2, 0) is 11.0 Å². The smallest absolute Gasteiger partial charge is 0.416 e. The molecular formula is C10H4ClF3O2. The Hall–Kier alpha value is -1.67. The zero-order chi connectivity index (χ0) is 12.3. The van der Waals surface area contributed by atoms with E-state index in [0.29, 0.717) is 6.07 Å². The van der Waals surface area contributed by atoms with E-state index in [0.717, 1.165) is 12.1 Å². The summed E-state index contributed by atoms with van der Waals surface area (Å²) in [5.41, 5.74) is -1.09. The normalized spacial score (nSPS) is 10.5. The lowest BCUT2D eigenvalue weighted by Crippen LogP contribution is -2.05. The molecule has 1 N–H and O–H groups in total. The first kappa shape index (κ1) is 12.4. The van der Waals surface area contributed by atoms with Gasteiger partial charge >= 0.3 is 12.1 Å². The highest BCUT2D eigenvalue weighted by Gasteiger charge is 2.30. The number of carboxylic acid groups (broad SMARTS) is 1. The van der Waals surface area contributed by atoms with Crippen LogP contribution in [0, 0.1) is 11.8 Å². The Kier molecular flexibility index (Phi) is 3.45. The highest BCUT2D eigenvalue weighted by Crippen LogP contribution is 2.31. The Morgan fingerprint density at radius 3 is 2.50 bits per heavy atom. The lowest BCUT2D eigenvalue weighted by molar-refractivity contribution is -0.137. The van der Waals surface area contributed by atoms with E-state index in [1.54, 1.807) is 5.92 Å². The number of carbonyl (C=O) groups is 1. The van der Waals surface area contributed by atoms with Crippen molar-refractivity contribution in [1.82, 2.24) is 0 Å². The maximum atomic E-state index is 12.3. The molecule has 0 aliphatic carbocycles. The second kappa shape index (κ2) is 4.45. The first-order valence-corrected chi connectivity index (χ1v) is 4.30. The van der Waals surface area contributed by atoms with Crippen LogP contribution in [0.4, 0.5) is 13.2 Å². The van der Waals surface area contributed by atoms with Crippen molar-refractivity contribution in [3.8, 4) is 11.8 Å². The summed E-state index contributed by atoms with van der Waals surface area (Å²) >= 11 is 5.57. The molecule has 1 aromatic rings. The molecule has 0 unspecified atom stereocenters. The standard InChI is InChI=1S/C10H4ClF3O2/c11-8-3-2-7(10(12,13)14)5-6(8)1-4-9(15)16/h2-3,5H,(H,15,16). The largest absolute Gasteiger partial charge is 0.472 e. The minimum absolute atomic E-state index is 0.0262. The zero-order valence-corrected chi connectivity index (χ0v) is 8.36. The van der Waals surface area contributed by atoms with Crippen LogP contribution in [0.15, 0.2) is 18.2 Å². The van der Waals surface area contributed by atoms with Gasteiger partial charge in [0.05, 0.1) is 10.6 Å². The molecule has 84 valence electrons. The Balaban J connectivity index is 3.21. The molecular weight excluding hydrogens is 245 g/mol. The fourth-order valence-corrected chi connectivity index (χ4v) is 1.08. The third-order valence-electron chi connectivity index (χ3n) is 1.60.